The molecule has 0 saturated carbocycles. The van der Waals surface area contributed by atoms with Crippen molar-refractivity contribution in [1.29, 1.82) is 0 Å². The van der Waals surface area contributed by atoms with Gasteiger partial charge in [0.2, 0.25) is 23.6 Å². The molecule has 8 rings (SSSR count). The Labute approximate surface area is 642 Å². The van der Waals surface area contributed by atoms with E-state index in [0.29, 0.717) is 0 Å². The molecule has 49 nitrogen and oxygen atoms in total. The SMILES string of the molecule is CC(=O)NC1C(O)[C@H](O[C@@H]2OC(CO[C@H]3OC(CO)[C@@H](O)C(O)C3O[C@H](O)C(NC(C)=O)C(O)[C@@H](CCO)O[C@@H]3OC(CO)[C@H](O)C(O)C3O)[C@@H](O)C(O[C@H]3OC(CO)[C@@H](O)C(O)C3O[C@@H]3OC(CO)[C@@H](O[C@@H]4OC(CO)[C@H](CO)C(O)C4O)C(O)C3NC(C)=O)C2O)C(CO)O[C@H]1O[C@@H]1C(CO)O[C@@H](C)C(NC(C)=O)C1O. The van der Waals surface area contributed by atoms with E-state index in [4.69, 9.17) is 75.8 Å². The smallest absolute Gasteiger partial charge is 0.217 e. The van der Waals surface area contributed by atoms with Gasteiger partial charge in [0.05, 0.1) is 89.9 Å². The van der Waals surface area contributed by atoms with E-state index in [9.17, 15) is 147 Å². The third-order valence-electron chi connectivity index (χ3n) is 20.7. The number of carbonyl (C=O) groups excluding carboxylic acids is 4. The van der Waals surface area contributed by atoms with Crippen LogP contribution >= 0.6 is 0 Å². The van der Waals surface area contributed by atoms with E-state index in [1.54, 1.807) is 0 Å². The van der Waals surface area contributed by atoms with Crippen LogP contribution in [-0.4, -0.2) is 481 Å². The van der Waals surface area contributed by atoms with Crippen molar-refractivity contribution in [2.24, 2.45) is 5.92 Å². The summed E-state index contributed by atoms with van der Waals surface area (Å²) in [7, 11) is 0. The Bertz CT molecular complexity index is 2930. The Morgan fingerprint density at radius 2 is 0.726 bits per heavy atom. The van der Waals surface area contributed by atoms with E-state index in [1.165, 1.54) is 6.92 Å². The zero-order chi connectivity index (χ0) is 83.6. The van der Waals surface area contributed by atoms with Crippen LogP contribution in [0, 0.1) is 5.92 Å². The first-order chi connectivity index (χ1) is 53.5. The number of hydrogen-bond donors (Lipinski definition) is 29. The molecular weight excluding hydrogens is 1540 g/mol. The topological polar surface area (TPSA) is 770 Å². The summed E-state index contributed by atoms with van der Waals surface area (Å²) in [6.45, 7) is -4.75. The van der Waals surface area contributed by atoms with Crippen LogP contribution in [0.15, 0.2) is 0 Å². The molecule has 0 aromatic rings. The molecule has 113 heavy (non-hydrogen) atoms. The van der Waals surface area contributed by atoms with Crippen molar-refractivity contribution in [1.82, 2.24) is 21.3 Å². The monoisotopic (exact) mass is 1650 g/mol. The van der Waals surface area contributed by atoms with Crippen molar-refractivity contribution in [3.8, 4) is 0 Å². The summed E-state index contributed by atoms with van der Waals surface area (Å²) >= 11 is 0. The number of rotatable bonds is 34. The number of aliphatic hydroxyl groups is 25. The first-order valence-electron chi connectivity index (χ1n) is 36.4. The molecule has 0 aromatic heterocycles. The highest BCUT2D eigenvalue weighted by Gasteiger charge is 2.60. The standard InChI is InChI=1S/C64H110N4O45/c1-17-32(65-18(2)78)42(88)51(28(13-75)99-17)109-58-34(67-20(4)80)43(89)53(30(15-77)105-58)111-62-50(96)54(112-64-56(47(93)40(86)27(12-74)104-64)113-59-35(68-21(5)81)44(90)52(29(14-76)106-59)110-61-48(94)36(82)22(8-70)24(9-71)101-61)41(87)31(107-62)16-98-63-55(46(92)39(85)26(11-73)103-63)108-57(97)33(66-19(3)79)37(83)23(6-7-69)100-60-49(95)45(91)38(84)25(10-72)102-60/h17,22-64,69-77,82-97H,6-16H2,1-5H3,(H,65,78)(H,66,79)(H,67,80)(H,68,81)/t17-,22-,23+,24?,25?,26?,27?,28?,29?,30?,31?,32?,33?,34?,35?,36?,37?,38-,39+,40+,41+,42?,43?,44?,45?,46?,47?,48?,49?,50?,51+,52+,53+,54?,55?,56?,57-,58-,59-,60+,61-,62-,63-,64+/m0/s1. The van der Waals surface area contributed by atoms with Gasteiger partial charge in [0.25, 0.3) is 0 Å². The van der Waals surface area contributed by atoms with E-state index in [-0.39, 0.29) is 0 Å². The van der Waals surface area contributed by atoms with Crippen LogP contribution in [0.4, 0.5) is 0 Å². The summed E-state index contributed by atoms with van der Waals surface area (Å²) in [6.07, 6.45) is -80.6. The fraction of sp³-hybridized carbons (Fsp3) is 0.938. The van der Waals surface area contributed by atoms with Crippen molar-refractivity contribution in [2.75, 3.05) is 66.1 Å². The average molecular weight is 1660 g/mol. The van der Waals surface area contributed by atoms with Crippen LogP contribution in [0.5, 0.6) is 0 Å². The first kappa shape index (κ1) is 94.7. The van der Waals surface area contributed by atoms with E-state index in [1.807, 2.05) is 0 Å². The lowest BCUT2D eigenvalue weighted by Crippen LogP contribution is -2.70. The average Bonchev–Trinajstić information content (AvgIpc) is 0.773. The quantitative estimate of drug-likeness (QED) is 0.0266. The number of aliphatic hydroxyl groups excluding tert-OH is 25. The van der Waals surface area contributed by atoms with Gasteiger partial charge in [-0.3, -0.25) is 19.2 Å². The van der Waals surface area contributed by atoms with Gasteiger partial charge in [-0.1, -0.05) is 0 Å². The molecule has 44 atom stereocenters. The Kier molecular flexibility index (Phi) is 35.6. The second kappa shape index (κ2) is 42.5. The lowest BCUT2D eigenvalue weighted by Gasteiger charge is -2.51. The molecule has 8 aliphatic heterocycles. The summed E-state index contributed by atoms with van der Waals surface area (Å²) in [6, 6.07) is -7.20. The molecule has 29 N–H and O–H groups in total. The van der Waals surface area contributed by atoms with Crippen LogP contribution in [0.3, 0.4) is 0 Å². The lowest BCUT2D eigenvalue weighted by atomic mass is 9.89. The van der Waals surface area contributed by atoms with E-state index in [0.717, 1.165) is 27.7 Å². The van der Waals surface area contributed by atoms with Gasteiger partial charge in [-0.05, 0) is 13.3 Å². The number of nitrogens with one attached hydrogen (secondary N) is 4. The normalized spacial score (nSPS) is 45.6. The number of ether oxygens (including phenoxy) is 16. The second-order valence-electron chi connectivity index (χ2n) is 28.6. The highest BCUT2D eigenvalue weighted by Crippen LogP contribution is 2.40. The molecule has 4 amide bonds. The minimum atomic E-state index is -2.65. The van der Waals surface area contributed by atoms with Crippen molar-refractivity contribution >= 4 is 23.6 Å². The second-order valence-corrected chi connectivity index (χ2v) is 28.6. The van der Waals surface area contributed by atoms with Crippen molar-refractivity contribution in [3.05, 3.63) is 0 Å². The Morgan fingerprint density at radius 1 is 0.336 bits per heavy atom. The molecule has 26 unspecified atom stereocenters. The van der Waals surface area contributed by atoms with Crippen LogP contribution in [0.2, 0.25) is 0 Å². The predicted octanol–water partition coefficient (Wildman–Crippen LogP) is -18.8. The van der Waals surface area contributed by atoms with Crippen LogP contribution in [0.1, 0.15) is 41.0 Å². The number of hydrogen-bond acceptors (Lipinski definition) is 45. The zero-order valence-electron chi connectivity index (χ0n) is 61.5. The Morgan fingerprint density at radius 3 is 1.20 bits per heavy atom. The maximum atomic E-state index is 13.0. The van der Waals surface area contributed by atoms with Gasteiger partial charge in [0, 0.05) is 40.2 Å². The molecule has 0 radical (unpaired) electrons. The third kappa shape index (κ3) is 21.9. The minimum absolute atomic E-state index is 0.632. The fourth-order valence-corrected chi connectivity index (χ4v) is 14.6. The van der Waals surface area contributed by atoms with Crippen LogP contribution in [0.25, 0.3) is 0 Å². The fourth-order valence-electron chi connectivity index (χ4n) is 14.6. The Hall–Kier alpha value is -3.76. The van der Waals surface area contributed by atoms with E-state index < -0.39 is 366 Å². The summed E-state index contributed by atoms with van der Waals surface area (Å²) in [5.41, 5.74) is 0. The third-order valence-corrected chi connectivity index (χ3v) is 20.7. The maximum Gasteiger partial charge on any atom is 0.217 e. The largest absolute Gasteiger partial charge is 0.396 e. The van der Waals surface area contributed by atoms with Crippen molar-refractivity contribution in [2.45, 2.75) is 305 Å². The molecule has 0 aromatic carbocycles. The summed E-state index contributed by atoms with van der Waals surface area (Å²) in [4.78, 5) is 51.0. The molecule has 0 bridgehead atoms. The zero-order valence-corrected chi connectivity index (χ0v) is 61.5. The van der Waals surface area contributed by atoms with E-state index >= 15 is 0 Å². The van der Waals surface area contributed by atoms with Gasteiger partial charge < -0.3 is 225 Å². The molecule has 0 spiro atoms. The minimum Gasteiger partial charge on any atom is -0.396 e. The number of carbonyl (C=O) groups is 4. The van der Waals surface area contributed by atoms with Crippen LogP contribution in [-0.2, 0) is 95.0 Å². The molecule has 8 fully saturated rings. The molecular formula is C64H110N4O45. The Balaban J connectivity index is 1.14. The molecule has 8 aliphatic rings. The maximum absolute atomic E-state index is 13.0. The molecule has 8 heterocycles. The summed E-state index contributed by atoms with van der Waals surface area (Å²) in [5, 5.41) is 287. The first-order valence-corrected chi connectivity index (χ1v) is 36.4. The van der Waals surface area contributed by atoms with Gasteiger partial charge >= 0.3 is 0 Å². The summed E-state index contributed by atoms with van der Waals surface area (Å²) < 4.78 is 94.9. The van der Waals surface area contributed by atoms with Crippen molar-refractivity contribution in [3.63, 3.8) is 0 Å². The highest BCUT2D eigenvalue weighted by atomic mass is 16.8. The lowest BCUT2D eigenvalue weighted by molar-refractivity contribution is -0.397. The van der Waals surface area contributed by atoms with E-state index in [2.05, 4.69) is 21.3 Å². The molecule has 49 heteroatoms. The van der Waals surface area contributed by atoms with Gasteiger partial charge in [-0.15, -0.1) is 0 Å². The highest BCUT2D eigenvalue weighted by molar-refractivity contribution is 5.74. The summed E-state index contributed by atoms with van der Waals surface area (Å²) in [5.74, 6) is -4.78. The van der Waals surface area contributed by atoms with Crippen molar-refractivity contribution < 1.29 is 223 Å². The van der Waals surface area contributed by atoms with Crippen LogP contribution < -0.4 is 21.3 Å². The molecule has 0 aliphatic carbocycles. The predicted molar refractivity (Wildman–Crippen MR) is 353 cm³/mol. The molecule has 8 saturated heterocycles. The number of amides is 4. The van der Waals surface area contributed by atoms with Gasteiger partial charge in [-0.25, -0.2) is 0 Å². The van der Waals surface area contributed by atoms with Gasteiger partial charge in [0.1, 0.15) is 183 Å². The van der Waals surface area contributed by atoms with Gasteiger partial charge in [0.15, 0.2) is 50.3 Å². The van der Waals surface area contributed by atoms with Gasteiger partial charge in [-0.2, -0.15) is 0 Å². The molecule has 656 valence electrons.